The molecule has 0 bridgehead atoms. The largest absolute Gasteiger partial charge is 0.459 e. The third-order valence-electron chi connectivity index (χ3n) is 6.39. The molecular weight excluding hydrogens is 548 g/mol. The maximum atomic E-state index is 13.2. The molecular formula is C21H17Cl4N3O5S. The molecule has 0 spiro atoms. The zero-order valence-corrected chi connectivity index (χ0v) is 21.6. The molecule has 4 atom stereocenters. The summed E-state index contributed by atoms with van der Waals surface area (Å²) in [6.07, 6.45) is 0.424. The minimum Gasteiger partial charge on any atom is -0.459 e. The summed E-state index contributed by atoms with van der Waals surface area (Å²) in [7, 11) is 0. The highest BCUT2D eigenvalue weighted by molar-refractivity contribution is 8.02. The Labute approximate surface area is 218 Å². The number of fused-ring (bicyclic) bond motifs is 3. The Hall–Kier alpha value is -1.65. The lowest BCUT2D eigenvalue weighted by molar-refractivity contribution is -0.165. The van der Waals surface area contributed by atoms with E-state index in [2.05, 4.69) is 10.5 Å². The van der Waals surface area contributed by atoms with Crippen molar-refractivity contribution in [3.63, 3.8) is 0 Å². The Kier molecular flexibility index (Phi) is 5.61. The minimum absolute atomic E-state index is 0.190. The van der Waals surface area contributed by atoms with Gasteiger partial charge in [0.05, 0.1) is 9.77 Å². The molecule has 2 amide bonds. The van der Waals surface area contributed by atoms with Crippen molar-refractivity contribution in [1.29, 1.82) is 0 Å². The fourth-order valence-corrected chi connectivity index (χ4v) is 6.96. The lowest BCUT2D eigenvalue weighted by Crippen LogP contribution is -2.72. The second-order valence-corrected chi connectivity index (χ2v) is 13.1. The molecule has 1 N–H and O–H groups in total. The summed E-state index contributed by atoms with van der Waals surface area (Å²) in [6.45, 7) is 3.05. The van der Waals surface area contributed by atoms with E-state index in [4.69, 9.17) is 55.7 Å². The number of carbonyl (C=O) groups is 3. The Bertz CT molecular complexity index is 1230. The number of halogens is 4. The smallest absolute Gasteiger partial charge is 0.333 e. The second kappa shape index (κ2) is 7.93. The first-order chi connectivity index (χ1) is 15.9. The highest BCUT2D eigenvalue weighted by Crippen LogP contribution is 2.72. The van der Waals surface area contributed by atoms with Crippen molar-refractivity contribution in [2.75, 3.05) is 6.61 Å². The molecule has 5 rings (SSSR count). The van der Waals surface area contributed by atoms with Crippen LogP contribution in [0.3, 0.4) is 0 Å². The lowest BCUT2D eigenvalue weighted by Gasteiger charge is -2.46. The zero-order valence-electron chi connectivity index (χ0n) is 17.7. The highest BCUT2D eigenvalue weighted by Gasteiger charge is 2.85. The van der Waals surface area contributed by atoms with E-state index in [-0.39, 0.29) is 22.9 Å². The SMILES string of the molecule is Cc1onc(-c2ccccc2Cl)c1C(=O)NC1C(=O)N2[C@H]1SC1(C)CC21C(=O)OCC(Cl)(Cl)Cl. The Morgan fingerprint density at radius 3 is 2.74 bits per heavy atom. The van der Waals surface area contributed by atoms with Crippen molar-refractivity contribution in [3.8, 4) is 11.3 Å². The molecule has 2 saturated heterocycles. The standard InChI is InChI=1S/C21H17Cl4N3O5S/c1-9-12(13(27-33-9)10-5-3-4-6-11(10)22)15(29)26-14-16(30)28-17(14)34-19(2)7-20(19,28)18(31)32-8-21(23,24)25/h3-6,14,17H,7-8H2,1-2H3,(H,26,29)/t14?,17-,19?,20?/m0/s1. The van der Waals surface area contributed by atoms with Crippen LogP contribution in [-0.4, -0.2) is 59.9 Å². The summed E-state index contributed by atoms with van der Waals surface area (Å²) in [5.74, 6) is -1.24. The van der Waals surface area contributed by atoms with Gasteiger partial charge >= 0.3 is 5.97 Å². The molecule has 1 aromatic carbocycles. The lowest BCUT2D eigenvalue weighted by atomic mass is 9.99. The summed E-state index contributed by atoms with van der Waals surface area (Å²) >= 11 is 24.8. The van der Waals surface area contributed by atoms with Gasteiger partial charge in [0, 0.05) is 12.0 Å². The molecule has 3 unspecified atom stereocenters. The molecule has 1 saturated carbocycles. The topological polar surface area (TPSA) is 102 Å². The van der Waals surface area contributed by atoms with Gasteiger partial charge in [-0.05, 0) is 19.9 Å². The number of nitrogens with one attached hydrogen (secondary N) is 1. The average molecular weight is 565 g/mol. The van der Waals surface area contributed by atoms with E-state index in [1.54, 1.807) is 31.2 Å². The minimum atomic E-state index is -1.76. The molecule has 3 heterocycles. The normalized spacial score (nSPS) is 29.2. The van der Waals surface area contributed by atoms with Gasteiger partial charge in [0.1, 0.15) is 35.0 Å². The van der Waals surface area contributed by atoms with Gasteiger partial charge in [0.15, 0.2) is 5.54 Å². The number of benzene rings is 1. The summed E-state index contributed by atoms with van der Waals surface area (Å²) in [6, 6.07) is 6.11. The molecule has 13 heteroatoms. The highest BCUT2D eigenvalue weighted by atomic mass is 35.6. The van der Waals surface area contributed by atoms with E-state index in [1.165, 1.54) is 16.7 Å². The first-order valence-corrected chi connectivity index (χ1v) is 12.6. The Balaban J connectivity index is 1.34. The zero-order chi connectivity index (χ0) is 24.6. The van der Waals surface area contributed by atoms with Crippen molar-refractivity contribution in [2.45, 2.75) is 45.8 Å². The van der Waals surface area contributed by atoms with Gasteiger partial charge in [-0.2, -0.15) is 0 Å². The fourth-order valence-electron chi connectivity index (χ4n) is 4.66. The van der Waals surface area contributed by atoms with E-state index in [1.807, 2.05) is 6.92 Å². The molecule has 2 aromatic rings. The number of carbonyl (C=O) groups excluding carboxylic acids is 3. The number of aryl methyl sites for hydroxylation is 1. The average Bonchev–Trinajstić information content (AvgIpc) is 3.07. The van der Waals surface area contributed by atoms with Crippen molar-refractivity contribution in [1.82, 2.24) is 15.4 Å². The molecule has 34 heavy (non-hydrogen) atoms. The number of β-lactam (4-membered cyclic amide) rings is 1. The van der Waals surface area contributed by atoms with Crippen molar-refractivity contribution >= 4 is 75.9 Å². The van der Waals surface area contributed by atoms with E-state index in [0.717, 1.165) is 0 Å². The second-order valence-electron chi connectivity index (χ2n) is 8.57. The number of thioether (sulfide) groups is 1. The van der Waals surface area contributed by atoms with E-state index in [9.17, 15) is 14.4 Å². The molecule has 1 aliphatic carbocycles. The van der Waals surface area contributed by atoms with Gasteiger partial charge in [0.25, 0.3) is 5.91 Å². The van der Waals surface area contributed by atoms with Crippen LogP contribution >= 0.6 is 58.2 Å². The van der Waals surface area contributed by atoms with Crippen molar-refractivity contribution in [3.05, 3.63) is 40.6 Å². The molecule has 3 aliphatic rings. The van der Waals surface area contributed by atoms with Crippen LogP contribution in [0, 0.1) is 6.92 Å². The number of aromatic nitrogens is 1. The number of alkyl halides is 3. The van der Waals surface area contributed by atoms with Gasteiger partial charge in [-0.1, -0.05) is 69.8 Å². The number of rotatable bonds is 5. The van der Waals surface area contributed by atoms with Crippen LogP contribution in [0.4, 0.5) is 0 Å². The quantitative estimate of drug-likeness (QED) is 0.331. The number of ether oxygens (including phenoxy) is 1. The van der Waals surface area contributed by atoms with Crippen LogP contribution in [0.1, 0.15) is 29.5 Å². The predicted molar refractivity (Wildman–Crippen MR) is 128 cm³/mol. The van der Waals surface area contributed by atoms with E-state index >= 15 is 0 Å². The number of hydrogen-bond donors (Lipinski definition) is 1. The van der Waals surface area contributed by atoms with Gasteiger partial charge < -0.3 is 19.5 Å². The number of esters is 1. The maximum absolute atomic E-state index is 13.2. The maximum Gasteiger partial charge on any atom is 0.333 e. The summed E-state index contributed by atoms with van der Waals surface area (Å²) in [5, 5.41) is 6.74. The summed E-state index contributed by atoms with van der Waals surface area (Å²) < 4.78 is 8.15. The van der Waals surface area contributed by atoms with Gasteiger partial charge in [0.2, 0.25) is 9.70 Å². The third kappa shape index (κ3) is 3.51. The van der Waals surface area contributed by atoms with E-state index in [0.29, 0.717) is 17.0 Å². The number of hydrogen-bond acceptors (Lipinski definition) is 7. The monoisotopic (exact) mass is 563 g/mol. The van der Waals surface area contributed by atoms with Gasteiger partial charge in [-0.15, -0.1) is 11.8 Å². The third-order valence-corrected chi connectivity index (χ3v) is 8.77. The Morgan fingerprint density at radius 2 is 2.06 bits per heavy atom. The summed E-state index contributed by atoms with van der Waals surface area (Å²) in [5.41, 5.74) is -0.125. The van der Waals surface area contributed by atoms with Crippen molar-refractivity contribution < 1.29 is 23.6 Å². The van der Waals surface area contributed by atoms with Crippen LogP contribution in [0.25, 0.3) is 11.3 Å². The molecule has 0 radical (unpaired) electrons. The number of amides is 2. The van der Waals surface area contributed by atoms with Gasteiger partial charge in [-0.3, -0.25) is 9.59 Å². The molecule has 1 aromatic heterocycles. The van der Waals surface area contributed by atoms with Crippen molar-refractivity contribution in [2.24, 2.45) is 0 Å². The number of nitrogens with zero attached hydrogens (tertiary/aromatic N) is 2. The molecule has 2 aliphatic heterocycles. The van der Waals surface area contributed by atoms with Crippen LogP contribution in [-0.2, 0) is 14.3 Å². The Morgan fingerprint density at radius 1 is 1.35 bits per heavy atom. The van der Waals surface area contributed by atoms with Crippen LogP contribution in [0.5, 0.6) is 0 Å². The first-order valence-electron chi connectivity index (χ1n) is 10.2. The van der Waals surface area contributed by atoms with Crippen LogP contribution in [0.15, 0.2) is 28.8 Å². The fraction of sp³-hybridized carbons (Fsp3) is 0.429. The molecule has 8 nitrogen and oxygen atoms in total. The van der Waals surface area contributed by atoms with Gasteiger partial charge in [-0.25, -0.2) is 4.79 Å². The molecule has 180 valence electrons. The van der Waals surface area contributed by atoms with Crippen LogP contribution in [0.2, 0.25) is 5.02 Å². The first kappa shape index (κ1) is 24.1. The van der Waals surface area contributed by atoms with E-state index < -0.39 is 44.0 Å². The molecule has 3 fully saturated rings. The summed E-state index contributed by atoms with van der Waals surface area (Å²) in [4.78, 5) is 40.6. The predicted octanol–water partition coefficient (Wildman–Crippen LogP) is 4.13. The van der Waals surface area contributed by atoms with Crippen LogP contribution < -0.4 is 5.32 Å².